The molecule has 1 fully saturated rings. The molecule has 1 unspecified atom stereocenters. The highest BCUT2D eigenvalue weighted by Crippen LogP contribution is 2.12. The quantitative estimate of drug-likeness (QED) is 0.637. The van der Waals surface area contributed by atoms with Crippen molar-refractivity contribution in [2.24, 2.45) is 0 Å². The zero-order chi connectivity index (χ0) is 9.03. The van der Waals surface area contributed by atoms with Gasteiger partial charge in [0.05, 0.1) is 12.1 Å². The molecule has 1 atom stereocenters. The number of rotatable bonds is 2. The Morgan fingerprint density at radius 2 is 2.50 bits per heavy atom. The summed E-state index contributed by atoms with van der Waals surface area (Å²) >= 11 is 0. The molecule has 0 aromatic heterocycles. The Hall–Kier alpha value is -0.770. The number of carbonyl (C=O) groups is 1. The lowest BCUT2D eigenvalue weighted by Gasteiger charge is -2.23. The molecule has 1 rings (SSSR count). The summed E-state index contributed by atoms with van der Waals surface area (Å²) < 4.78 is 4.79. The first-order valence-corrected chi connectivity index (χ1v) is 4.32. The third-order valence-electron chi connectivity index (χ3n) is 2.05. The Kier molecular flexibility index (Phi) is 2.92. The van der Waals surface area contributed by atoms with Crippen LogP contribution in [0.25, 0.3) is 0 Å². The SMILES string of the molecule is CCOC(=O)NC1(C)CCNC1. The molecular weight excluding hydrogens is 156 g/mol. The van der Waals surface area contributed by atoms with Crippen LogP contribution in [0.15, 0.2) is 0 Å². The highest BCUT2D eigenvalue weighted by atomic mass is 16.5. The molecule has 1 aliphatic heterocycles. The van der Waals surface area contributed by atoms with Crippen LogP contribution in [0.3, 0.4) is 0 Å². The van der Waals surface area contributed by atoms with Gasteiger partial charge in [-0.3, -0.25) is 0 Å². The first-order valence-electron chi connectivity index (χ1n) is 4.32. The zero-order valence-corrected chi connectivity index (χ0v) is 7.64. The minimum Gasteiger partial charge on any atom is -0.450 e. The summed E-state index contributed by atoms with van der Waals surface area (Å²) in [6.45, 7) is 6.03. The number of nitrogens with one attached hydrogen (secondary N) is 2. The maximum absolute atomic E-state index is 11.0. The smallest absolute Gasteiger partial charge is 0.407 e. The van der Waals surface area contributed by atoms with E-state index in [1.807, 2.05) is 6.92 Å². The van der Waals surface area contributed by atoms with Gasteiger partial charge in [0.1, 0.15) is 0 Å². The van der Waals surface area contributed by atoms with E-state index in [0.29, 0.717) is 6.61 Å². The van der Waals surface area contributed by atoms with Gasteiger partial charge in [-0.1, -0.05) is 0 Å². The average Bonchev–Trinajstić information content (AvgIpc) is 2.36. The maximum Gasteiger partial charge on any atom is 0.407 e. The monoisotopic (exact) mass is 172 g/mol. The van der Waals surface area contributed by atoms with Crippen LogP contribution < -0.4 is 10.6 Å². The molecule has 1 aliphatic rings. The summed E-state index contributed by atoms with van der Waals surface area (Å²) in [5.74, 6) is 0. The van der Waals surface area contributed by atoms with E-state index in [0.717, 1.165) is 19.5 Å². The lowest BCUT2D eigenvalue weighted by molar-refractivity contribution is 0.141. The molecule has 4 nitrogen and oxygen atoms in total. The second-order valence-electron chi connectivity index (χ2n) is 3.33. The molecule has 1 saturated heterocycles. The second-order valence-corrected chi connectivity index (χ2v) is 3.33. The summed E-state index contributed by atoms with van der Waals surface area (Å²) in [6.07, 6.45) is 0.648. The van der Waals surface area contributed by atoms with Crippen molar-refractivity contribution in [3.63, 3.8) is 0 Å². The number of hydrogen-bond donors (Lipinski definition) is 2. The number of carbonyl (C=O) groups excluding carboxylic acids is 1. The Morgan fingerprint density at radius 1 is 1.75 bits per heavy atom. The third-order valence-corrected chi connectivity index (χ3v) is 2.05. The molecule has 0 aliphatic carbocycles. The van der Waals surface area contributed by atoms with Crippen LogP contribution in [0.4, 0.5) is 4.79 Å². The second kappa shape index (κ2) is 3.76. The minimum atomic E-state index is -0.316. The van der Waals surface area contributed by atoms with Crippen LogP contribution >= 0.6 is 0 Å². The average molecular weight is 172 g/mol. The molecule has 70 valence electrons. The fraction of sp³-hybridized carbons (Fsp3) is 0.875. The molecule has 12 heavy (non-hydrogen) atoms. The summed E-state index contributed by atoms with van der Waals surface area (Å²) in [4.78, 5) is 11.0. The van der Waals surface area contributed by atoms with Crippen molar-refractivity contribution in [1.82, 2.24) is 10.6 Å². The van der Waals surface area contributed by atoms with Gasteiger partial charge in [0.2, 0.25) is 0 Å². The third kappa shape index (κ3) is 2.37. The lowest BCUT2D eigenvalue weighted by atomic mass is 10.0. The minimum absolute atomic E-state index is 0.119. The molecule has 0 aromatic carbocycles. The summed E-state index contributed by atoms with van der Waals surface area (Å²) in [7, 11) is 0. The lowest BCUT2D eigenvalue weighted by Crippen LogP contribution is -2.47. The van der Waals surface area contributed by atoms with Crippen LogP contribution in [0.5, 0.6) is 0 Å². The van der Waals surface area contributed by atoms with Crippen molar-refractivity contribution < 1.29 is 9.53 Å². The van der Waals surface area contributed by atoms with Gasteiger partial charge in [0.25, 0.3) is 0 Å². The van der Waals surface area contributed by atoms with Gasteiger partial charge >= 0.3 is 6.09 Å². The Balaban J connectivity index is 2.33. The van der Waals surface area contributed by atoms with Crippen LogP contribution in [-0.4, -0.2) is 31.3 Å². The van der Waals surface area contributed by atoms with Crippen molar-refractivity contribution in [3.05, 3.63) is 0 Å². The molecule has 1 amide bonds. The predicted molar refractivity (Wildman–Crippen MR) is 46.0 cm³/mol. The summed E-state index contributed by atoms with van der Waals surface area (Å²) in [5.41, 5.74) is -0.119. The van der Waals surface area contributed by atoms with Gasteiger partial charge in [-0.05, 0) is 26.8 Å². The van der Waals surface area contributed by atoms with E-state index >= 15 is 0 Å². The fourth-order valence-electron chi connectivity index (χ4n) is 1.34. The maximum atomic E-state index is 11.0. The zero-order valence-electron chi connectivity index (χ0n) is 7.64. The molecule has 0 aromatic rings. The summed E-state index contributed by atoms with van der Waals surface area (Å²) in [5, 5.41) is 6.02. The van der Waals surface area contributed by atoms with Crippen molar-refractivity contribution in [3.8, 4) is 0 Å². The highest BCUT2D eigenvalue weighted by molar-refractivity contribution is 5.68. The Morgan fingerprint density at radius 3 is 3.00 bits per heavy atom. The number of alkyl carbamates (subject to hydrolysis) is 1. The van der Waals surface area contributed by atoms with Gasteiger partial charge < -0.3 is 15.4 Å². The van der Waals surface area contributed by atoms with Crippen molar-refractivity contribution in [2.45, 2.75) is 25.8 Å². The van der Waals surface area contributed by atoms with Crippen molar-refractivity contribution >= 4 is 6.09 Å². The normalized spacial score (nSPS) is 28.5. The first kappa shape index (κ1) is 9.32. The molecule has 2 N–H and O–H groups in total. The van der Waals surface area contributed by atoms with Crippen molar-refractivity contribution in [1.29, 1.82) is 0 Å². The standard InChI is InChI=1S/C8H16N2O2/c1-3-12-7(11)10-8(2)4-5-9-6-8/h9H,3-6H2,1-2H3,(H,10,11). The molecule has 4 heteroatoms. The first-order chi connectivity index (χ1) is 5.66. The summed E-state index contributed by atoms with van der Waals surface area (Å²) in [6, 6.07) is 0. The van der Waals surface area contributed by atoms with Gasteiger partial charge in [0, 0.05) is 6.54 Å². The van der Waals surface area contributed by atoms with E-state index in [9.17, 15) is 4.79 Å². The number of ether oxygens (including phenoxy) is 1. The molecule has 0 spiro atoms. The van der Waals surface area contributed by atoms with E-state index in [2.05, 4.69) is 10.6 Å². The van der Waals surface area contributed by atoms with E-state index in [1.54, 1.807) is 6.92 Å². The van der Waals surface area contributed by atoms with Crippen LogP contribution in [0, 0.1) is 0 Å². The molecule has 0 radical (unpaired) electrons. The van der Waals surface area contributed by atoms with E-state index in [-0.39, 0.29) is 11.6 Å². The molecule has 0 bridgehead atoms. The van der Waals surface area contributed by atoms with Crippen LogP contribution in [-0.2, 0) is 4.74 Å². The topological polar surface area (TPSA) is 50.4 Å². The largest absolute Gasteiger partial charge is 0.450 e. The molecule has 1 heterocycles. The van der Waals surface area contributed by atoms with Crippen LogP contribution in [0.2, 0.25) is 0 Å². The van der Waals surface area contributed by atoms with Crippen LogP contribution in [0.1, 0.15) is 20.3 Å². The van der Waals surface area contributed by atoms with Crippen molar-refractivity contribution in [2.75, 3.05) is 19.7 Å². The molecular formula is C8H16N2O2. The van der Waals surface area contributed by atoms with Gasteiger partial charge in [-0.2, -0.15) is 0 Å². The predicted octanol–water partition coefficient (Wildman–Crippen LogP) is 0.484. The number of amides is 1. The van der Waals surface area contributed by atoms with E-state index < -0.39 is 0 Å². The number of hydrogen-bond acceptors (Lipinski definition) is 3. The highest BCUT2D eigenvalue weighted by Gasteiger charge is 2.30. The van der Waals surface area contributed by atoms with Gasteiger partial charge in [-0.25, -0.2) is 4.79 Å². The van der Waals surface area contributed by atoms with E-state index in [4.69, 9.17) is 4.74 Å². The Bertz CT molecular complexity index is 164. The molecule has 0 saturated carbocycles. The fourth-order valence-corrected chi connectivity index (χ4v) is 1.34. The Labute approximate surface area is 72.7 Å². The van der Waals surface area contributed by atoms with Gasteiger partial charge in [-0.15, -0.1) is 0 Å². The van der Waals surface area contributed by atoms with E-state index in [1.165, 1.54) is 0 Å². The van der Waals surface area contributed by atoms with Gasteiger partial charge in [0.15, 0.2) is 0 Å².